The lowest BCUT2D eigenvalue weighted by Gasteiger charge is -2.30. The first kappa shape index (κ1) is 11.1. The molecule has 84 valence electrons. The smallest absolute Gasteiger partial charge is 0.0674 e. The maximum atomic E-state index is 5.60. The molecule has 0 saturated carbocycles. The monoisotopic (exact) mass is 226 g/mol. The highest BCUT2D eigenvalue weighted by Gasteiger charge is 2.16. The van der Waals surface area contributed by atoms with Crippen LogP contribution in [0, 0.1) is 0 Å². The summed E-state index contributed by atoms with van der Waals surface area (Å²) in [6.07, 6.45) is 0.368. The number of morpholine rings is 1. The van der Waals surface area contributed by atoms with Crippen molar-refractivity contribution in [3.05, 3.63) is 21.9 Å². The third kappa shape index (κ3) is 3.01. The molecular weight excluding hydrogens is 208 g/mol. The second kappa shape index (κ2) is 5.07. The lowest BCUT2D eigenvalue weighted by atomic mass is 10.3. The zero-order valence-electron chi connectivity index (χ0n) is 9.11. The number of hydrogen-bond acceptors (Lipinski definition) is 4. The quantitative estimate of drug-likeness (QED) is 0.847. The Hall–Kier alpha value is -0.420. The maximum Gasteiger partial charge on any atom is 0.0674 e. The molecule has 1 saturated heterocycles. The van der Waals surface area contributed by atoms with Crippen molar-refractivity contribution in [2.24, 2.45) is 5.73 Å². The van der Waals surface area contributed by atoms with E-state index in [1.54, 1.807) is 0 Å². The largest absolute Gasteiger partial charge is 0.376 e. The molecule has 0 aliphatic carbocycles. The van der Waals surface area contributed by atoms with E-state index in [0.717, 1.165) is 26.2 Å². The molecule has 1 aliphatic rings. The number of rotatable bonds is 3. The van der Waals surface area contributed by atoms with Crippen molar-refractivity contribution in [2.45, 2.75) is 26.1 Å². The molecule has 2 rings (SSSR count). The first-order chi connectivity index (χ1) is 7.28. The van der Waals surface area contributed by atoms with Gasteiger partial charge in [0.15, 0.2) is 0 Å². The summed E-state index contributed by atoms with van der Waals surface area (Å²) in [4.78, 5) is 5.12. The Morgan fingerprint density at radius 3 is 3.00 bits per heavy atom. The molecule has 15 heavy (non-hydrogen) atoms. The van der Waals surface area contributed by atoms with Gasteiger partial charge in [0.1, 0.15) is 0 Å². The normalized spacial score (nSPS) is 23.2. The average Bonchev–Trinajstić information content (AvgIpc) is 2.65. The number of hydrogen-bond donors (Lipinski definition) is 1. The van der Waals surface area contributed by atoms with Gasteiger partial charge < -0.3 is 10.5 Å². The Morgan fingerprint density at radius 2 is 2.33 bits per heavy atom. The third-order valence-corrected chi connectivity index (χ3v) is 3.72. The molecule has 1 aromatic rings. The summed E-state index contributed by atoms with van der Waals surface area (Å²) in [7, 11) is 0. The third-order valence-electron chi connectivity index (χ3n) is 2.62. The van der Waals surface area contributed by atoms with Crippen LogP contribution in [0.4, 0.5) is 0 Å². The van der Waals surface area contributed by atoms with Gasteiger partial charge in [0.25, 0.3) is 0 Å². The summed E-state index contributed by atoms with van der Waals surface area (Å²) >= 11 is 1.82. The molecule has 0 spiro atoms. The number of nitrogens with two attached hydrogens (primary N) is 1. The van der Waals surface area contributed by atoms with E-state index in [0.29, 0.717) is 12.6 Å². The minimum Gasteiger partial charge on any atom is -0.376 e. The predicted octanol–water partition coefficient (Wildman–Crippen LogP) is 1.43. The highest BCUT2D eigenvalue weighted by molar-refractivity contribution is 7.11. The summed E-state index contributed by atoms with van der Waals surface area (Å²) < 4.78 is 5.51. The van der Waals surface area contributed by atoms with Crippen LogP contribution in [0.3, 0.4) is 0 Å². The van der Waals surface area contributed by atoms with Crippen molar-refractivity contribution in [1.29, 1.82) is 0 Å². The van der Waals surface area contributed by atoms with Crippen molar-refractivity contribution >= 4 is 11.3 Å². The molecule has 0 amide bonds. The Balaban J connectivity index is 1.90. The fraction of sp³-hybridized carbons (Fsp3) is 0.636. The van der Waals surface area contributed by atoms with Crippen LogP contribution in [-0.2, 0) is 17.8 Å². The van der Waals surface area contributed by atoms with Crippen LogP contribution in [0.15, 0.2) is 12.1 Å². The van der Waals surface area contributed by atoms with E-state index in [1.165, 1.54) is 9.75 Å². The minimum atomic E-state index is 0.368. The van der Waals surface area contributed by atoms with Gasteiger partial charge in [-0.25, -0.2) is 0 Å². The zero-order valence-corrected chi connectivity index (χ0v) is 9.93. The standard InChI is InChI=1S/C11H18N2OS/c1-9-7-13(4-5-14-9)8-11-3-2-10(6-12)15-11/h2-3,9H,4-8,12H2,1H3. The van der Waals surface area contributed by atoms with E-state index in [-0.39, 0.29) is 0 Å². The summed E-state index contributed by atoms with van der Waals surface area (Å²) in [5, 5.41) is 0. The molecular formula is C11H18N2OS. The second-order valence-electron chi connectivity index (χ2n) is 3.99. The average molecular weight is 226 g/mol. The molecule has 1 unspecified atom stereocenters. The SMILES string of the molecule is CC1CN(Cc2ccc(CN)s2)CCO1. The lowest BCUT2D eigenvalue weighted by molar-refractivity contribution is -0.0208. The van der Waals surface area contributed by atoms with Gasteiger partial charge in [0, 0.05) is 35.9 Å². The summed E-state index contributed by atoms with van der Waals surface area (Å²) in [6, 6.07) is 4.32. The van der Waals surface area contributed by atoms with Crippen LogP contribution in [0.2, 0.25) is 0 Å². The summed E-state index contributed by atoms with van der Waals surface area (Å²) in [6.45, 7) is 6.76. The van der Waals surface area contributed by atoms with Crippen LogP contribution >= 0.6 is 11.3 Å². The summed E-state index contributed by atoms with van der Waals surface area (Å²) in [5.74, 6) is 0. The maximum absolute atomic E-state index is 5.60. The van der Waals surface area contributed by atoms with E-state index >= 15 is 0 Å². The molecule has 0 aromatic carbocycles. The van der Waals surface area contributed by atoms with Gasteiger partial charge in [0.2, 0.25) is 0 Å². The molecule has 1 aromatic heterocycles. The fourth-order valence-corrected chi connectivity index (χ4v) is 2.81. The van der Waals surface area contributed by atoms with Crippen LogP contribution in [0.5, 0.6) is 0 Å². The van der Waals surface area contributed by atoms with E-state index in [9.17, 15) is 0 Å². The Kier molecular flexibility index (Phi) is 3.75. The molecule has 2 heterocycles. The highest BCUT2D eigenvalue weighted by atomic mass is 32.1. The van der Waals surface area contributed by atoms with Crippen LogP contribution < -0.4 is 5.73 Å². The molecule has 1 fully saturated rings. The minimum absolute atomic E-state index is 0.368. The van der Waals surface area contributed by atoms with Gasteiger partial charge >= 0.3 is 0 Å². The van der Waals surface area contributed by atoms with Gasteiger partial charge in [-0.05, 0) is 19.1 Å². The Morgan fingerprint density at radius 1 is 1.53 bits per heavy atom. The van der Waals surface area contributed by atoms with Crippen molar-refractivity contribution in [3.8, 4) is 0 Å². The highest BCUT2D eigenvalue weighted by Crippen LogP contribution is 2.18. The second-order valence-corrected chi connectivity index (χ2v) is 5.24. The van der Waals surface area contributed by atoms with Gasteiger partial charge in [-0.15, -0.1) is 11.3 Å². The van der Waals surface area contributed by atoms with Crippen molar-refractivity contribution < 1.29 is 4.74 Å². The van der Waals surface area contributed by atoms with Gasteiger partial charge in [-0.2, -0.15) is 0 Å². The molecule has 1 aliphatic heterocycles. The molecule has 3 nitrogen and oxygen atoms in total. The van der Waals surface area contributed by atoms with Gasteiger partial charge in [0.05, 0.1) is 12.7 Å². The number of nitrogens with zero attached hydrogens (tertiary/aromatic N) is 1. The number of thiophene rings is 1. The van der Waals surface area contributed by atoms with E-state index in [1.807, 2.05) is 11.3 Å². The van der Waals surface area contributed by atoms with Crippen molar-refractivity contribution in [3.63, 3.8) is 0 Å². The molecule has 0 bridgehead atoms. The number of ether oxygens (including phenoxy) is 1. The van der Waals surface area contributed by atoms with Crippen molar-refractivity contribution in [2.75, 3.05) is 19.7 Å². The van der Waals surface area contributed by atoms with Crippen LogP contribution in [0.25, 0.3) is 0 Å². The Bertz CT molecular complexity index is 313. The van der Waals surface area contributed by atoms with E-state index < -0.39 is 0 Å². The first-order valence-electron chi connectivity index (χ1n) is 5.39. The van der Waals surface area contributed by atoms with E-state index in [2.05, 4.69) is 24.0 Å². The fourth-order valence-electron chi connectivity index (χ4n) is 1.87. The molecule has 4 heteroatoms. The van der Waals surface area contributed by atoms with Crippen molar-refractivity contribution in [1.82, 2.24) is 4.90 Å². The Labute approximate surface area is 94.8 Å². The van der Waals surface area contributed by atoms with Gasteiger partial charge in [-0.1, -0.05) is 0 Å². The first-order valence-corrected chi connectivity index (χ1v) is 6.21. The van der Waals surface area contributed by atoms with Crippen LogP contribution in [0.1, 0.15) is 16.7 Å². The topological polar surface area (TPSA) is 38.5 Å². The van der Waals surface area contributed by atoms with E-state index in [4.69, 9.17) is 10.5 Å². The molecule has 2 N–H and O–H groups in total. The predicted molar refractivity (Wildman–Crippen MR) is 62.9 cm³/mol. The molecule has 0 radical (unpaired) electrons. The van der Waals surface area contributed by atoms with Crippen LogP contribution in [-0.4, -0.2) is 30.7 Å². The lowest BCUT2D eigenvalue weighted by Crippen LogP contribution is -2.40. The van der Waals surface area contributed by atoms with Gasteiger partial charge in [-0.3, -0.25) is 4.90 Å². The summed E-state index contributed by atoms with van der Waals surface area (Å²) in [5.41, 5.74) is 5.60. The molecule has 1 atom stereocenters. The zero-order chi connectivity index (χ0) is 10.7.